The van der Waals surface area contributed by atoms with E-state index < -0.39 is 0 Å². The van der Waals surface area contributed by atoms with Crippen molar-refractivity contribution >= 4 is 23.2 Å². The average molecular weight is 327 g/mol. The molecule has 2 aromatic rings. The van der Waals surface area contributed by atoms with Gasteiger partial charge in [-0.05, 0) is 43.2 Å². The van der Waals surface area contributed by atoms with E-state index in [4.69, 9.17) is 29.0 Å². The van der Waals surface area contributed by atoms with Gasteiger partial charge in [0.25, 0.3) is 0 Å². The second-order valence-corrected chi connectivity index (χ2v) is 6.04. The lowest BCUT2D eigenvalue weighted by atomic mass is 10.0. The first-order valence-corrected chi connectivity index (χ1v) is 7.75. The van der Waals surface area contributed by atoms with Crippen LogP contribution in [0.2, 0.25) is 10.0 Å². The summed E-state index contributed by atoms with van der Waals surface area (Å²) in [5, 5.41) is 5.79. The van der Waals surface area contributed by atoms with Crippen molar-refractivity contribution in [3.05, 3.63) is 51.8 Å². The van der Waals surface area contributed by atoms with Crippen molar-refractivity contribution in [1.29, 1.82) is 0 Å². The normalized spacial score (nSPS) is 14.1. The maximum Gasteiger partial charge on any atom is 0.0644 e. The van der Waals surface area contributed by atoms with Crippen molar-refractivity contribution in [1.82, 2.24) is 15.2 Å². The molecule has 0 saturated carbocycles. The minimum Gasteiger partial charge on any atom is -0.271 e. The summed E-state index contributed by atoms with van der Waals surface area (Å²) in [6, 6.07) is 7.76. The molecule has 1 aromatic heterocycles. The first kappa shape index (κ1) is 16.3. The highest BCUT2D eigenvalue weighted by molar-refractivity contribution is 6.34. The lowest BCUT2D eigenvalue weighted by molar-refractivity contribution is 0.467. The Morgan fingerprint density at radius 1 is 1.29 bits per heavy atom. The van der Waals surface area contributed by atoms with Crippen LogP contribution in [0.25, 0.3) is 0 Å². The Bertz CT molecular complexity index is 577. The van der Waals surface area contributed by atoms with Crippen LogP contribution in [0, 0.1) is 0 Å². The van der Waals surface area contributed by atoms with Crippen molar-refractivity contribution < 1.29 is 0 Å². The predicted octanol–water partition coefficient (Wildman–Crippen LogP) is 3.91. The second kappa shape index (κ2) is 7.27. The smallest absolute Gasteiger partial charge is 0.0644 e. The molecule has 0 fully saturated rings. The van der Waals surface area contributed by atoms with E-state index in [0.717, 1.165) is 17.7 Å². The van der Waals surface area contributed by atoms with Gasteiger partial charge in [-0.3, -0.25) is 16.0 Å². The van der Waals surface area contributed by atoms with Gasteiger partial charge in [-0.2, -0.15) is 5.10 Å². The Balaban J connectivity index is 2.17. The second-order valence-electron chi connectivity index (χ2n) is 5.17. The Labute approximate surface area is 135 Å². The molecule has 21 heavy (non-hydrogen) atoms. The van der Waals surface area contributed by atoms with Gasteiger partial charge in [0.1, 0.15) is 0 Å². The standard InChI is InChI=1S/C15H20Cl2N4/c1-3-10(2)21-5-4-14(20-21)9-15(19-18)11-6-12(16)8-13(17)7-11/h4-8,10,15,19H,3,9,18H2,1-2H3. The van der Waals surface area contributed by atoms with Crippen LogP contribution < -0.4 is 11.3 Å². The number of nitrogens with one attached hydrogen (secondary N) is 1. The van der Waals surface area contributed by atoms with Crippen molar-refractivity contribution in [2.24, 2.45) is 5.84 Å². The van der Waals surface area contributed by atoms with Gasteiger partial charge in [0, 0.05) is 28.7 Å². The number of hydrogen-bond donors (Lipinski definition) is 2. The molecule has 0 amide bonds. The maximum absolute atomic E-state index is 6.05. The molecule has 0 saturated heterocycles. The van der Waals surface area contributed by atoms with Gasteiger partial charge in [-0.1, -0.05) is 30.1 Å². The highest BCUT2D eigenvalue weighted by Gasteiger charge is 2.14. The van der Waals surface area contributed by atoms with Crippen LogP contribution in [-0.2, 0) is 6.42 Å². The first-order chi connectivity index (χ1) is 10.0. The molecule has 6 heteroatoms. The fourth-order valence-corrected chi connectivity index (χ4v) is 2.72. The van der Waals surface area contributed by atoms with Crippen molar-refractivity contribution in [2.45, 2.75) is 38.8 Å². The van der Waals surface area contributed by atoms with E-state index >= 15 is 0 Å². The zero-order valence-corrected chi connectivity index (χ0v) is 13.7. The number of aromatic nitrogens is 2. The molecule has 0 spiro atoms. The number of hydrazine groups is 1. The summed E-state index contributed by atoms with van der Waals surface area (Å²) in [6.07, 6.45) is 3.72. The lowest BCUT2D eigenvalue weighted by Gasteiger charge is -2.16. The fourth-order valence-electron chi connectivity index (χ4n) is 2.18. The third-order valence-corrected chi connectivity index (χ3v) is 4.04. The van der Waals surface area contributed by atoms with Crippen LogP contribution in [0.1, 0.15) is 43.6 Å². The van der Waals surface area contributed by atoms with Gasteiger partial charge in [0.15, 0.2) is 0 Å². The number of nitrogens with zero attached hydrogens (tertiary/aromatic N) is 2. The topological polar surface area (TPSA) is 55.9 Å². The summed E-state index contributed by atoms with van der Waals surface area (Å²) in [6.45, 7) is 4.29. The van der Waals surface area contributed by atoms with Crippen LogP contribution in [0.5, 0.6) is 0 Å². The highest BCUT2D eigenvalue weighted by atomic mass is 35.5. The largest absolute Gasteiger partial charge is 0.271 e. The summed E-state index contributed by atoms with van der Waals surface area (Å²) in [5.41, 5.74) is 4.74. The summed E-state index contributed by atoms with van der Waals surface area (Å²) in [4.78, 5) is 0. The minimum atomic E-state index is -0.0820. The summed E-state index contributed by atoms with van der Waals surface area (Å²) < 4.78 is 1.98. The van der Waals surface area contributed by atoms with E-state index in [1.807, 2.05) is 29.1 Å². The molecular formula is C15H20Cl2N4. The number of nitrogens with two attached hydrogens (primary N) is 1. The van der Waals surface area contributed by atoms with Crippen molar-refractivity contribution in [3.8, 4) is 0 Å². The zero-order valence-electron chi connectivity index (χ0n) is 12.2. The van der Waals surface area contributed by atoms with Gasteiger partial charge in [0.05, 0.1) is 11.7 Å². The predicted molar refractivity (Wildman–Crippen MR) is 87.5 cm³/mol. The number of benzene rings is 1. The first-order valence-electron chi connectivity index (χ1n) is 6.99. The highest BCUT2D eigenvalue weighted by Crippen LogP contribution is 2.25. The Morgan fingerprint density at radius 2 is 1.95 bits per heavy atom. The summed E-state index contributed by atoms with van der Waals surface area (Å²) in [7, 11) is 0. The Kier molecular flexibility index (Phi) is 5.65. The molecule has 4 nitrogen and oxygen atoms in total. The molecule has 2 unspecified atom stereocenters. The van der Waals surface area contributed by atoms with Gasteiger partial charge in [-0.25, -0.2) is 0 Å². The van der Waals surface area contributed by atoms with Crippen LogP contribution in [0.3, 0.4) is 0 Å². The molecule has 1 heterocycles. The molecule has 114 valence electrons. The van der Waals surface area contributed by atoms with Gasteiger partial charge >= 0.3 is 0 Å². The molecule has 1 aromatic carbocycles. The van der Waals surface area contributed by atoms with Crippen molar-refractivity contribution in [2.75, 3.05) is 0 Å². The molecular weight excluding hydrogens is 307 g/mol. The van der Waals surface area contributed by atoms with Gasteiger partial charge < -0.3 is 0 Å². The molecule has 0 bridgehead atoms. The van der Waals surface area contributed by atoms with Crippen molar-refractivity contribution in [3.63, 3.8) is 0 Å². The van der Waals surface area contributed by atoms with Gasteiger partial charge in [0.2, 0.25) is 0 Å². The van der Waals surface area contributed by atoms with E-state index in [1.54, 1.807) is 6.07 Å². The van der Waals surface area contributed by atoms with E-state index in [-0.39, 0.29) is 6.04 Å². The minimum absolute atomic E-state index is 0.0820. The third-order valence-electron chi connectivity index (χ3n) is 3.61. The molecule has 0 aliphatic heterocycles. The Hall–Kier alpha value is -1.07. The lowest BCUT2D eigenvalue weighted by Crippen LogP contribution is -2.29. The monoisotopic (exact) mass is 326 g/mol. The molecule has 2 rings (SSSR count). The van der Waals surface area contributed by atoms with E-state index in [9.17, 15) is 0 Å². The SMILES string of the molecule is CCC(C)n1ccc(CC(NN)c2cc(Cl)cc(Cl)c2)n1. The number of hydrogen-bond acceptors (Lipinski definition) is 3. The Morgan fingerprint density at radius 3 is 2.52 bits per heavy atom. The fraction of sp³-hybridized carbons (Fsp3) is 0.400. The van der Waals surface area contributed by atoms with E-state index in [2.05, 4.69) is 24.4 Å². The molecule has 3 N–H and O–H groups in total. The van der Waals surface area contributed by atoms with Crippen LogP contribution in [0.15, 0.2) is 30.5 Å². The van der Waals surface area contributed by atoms with Crippen LogP contribution in [0.4, 0.5) is 0 Å². The maximum atomic E-state index is 6.05. The third kappa shape index (κ3) is 4.20. The molecule has 0 radical (unpaired) electrons. The molecule has 2 atom stereocenters. The number of rotatable bonds is 6. The molecule has 0 aliphatic rings. The zero-order chi connectivity index (χ0) is 15.4. The van der Waals surface area contributed by atoms with Crippen LogP contribution >= 0.6 is 23.2 Å². The van der Waals surface area contributed by atoms with Crippen LogP contribution in [-0.4, -0.2) is 9.78 Å². The molecule has 0 aliphatic carbocycles. The summed E-state index contributed by atoms with van der Waals surface area (Å²) >= 11 is 12.1. The summed E-state index contributed by atoms with van der Waals surface area (Å²) in [5.74, 6) is 5.67. The van der Waals surface area contributed by atoms with E-state index in [0.29, 0.717) is 22.5 Å². The van der Waals surface area contributed by atoms with Gasteiger partial charge in [-0.15, -0.1) is 0 Å². The average Bonchev–Trinajstić information content (AvgIpc) is 2.91. The quantitative estimate of drug-likeness (QED) is 0.625. The number of halogens is 2. The van der Waals surface area contributed by atoms with E-state index in [1.165, 1.54) is 0 Å².